The highest BCUT2D eigenvalue weighted by atomic mass is 19.1. The lowest BCUT2D eigenvalue weighted by atomic mass is 10.1. The monoisotopic (exact) mass is 352 g/mol. The normalized spacial score (nSPS) is 12.9. The van der Waals surface area contributed by atoms with E-state index in [0.717, 1.165) is 22.9 Å². The fraction of sp³-hybridized carbons (Fsp3) is 0.200. The van der Waals surface area contributed by atoms with E-state index in [1.54, 1.807) is 24.1 Å². The number of rotatable bonds is 4. The number of hydrogen-bond donors (Lipinski definition) is 0. The van der Waals surface area contributed by atoms with Crippen molar-refractivity contribution >= 4 is 22.6 Å². The summed E-state index contributed by atoms with van der Waals surface area (Å²) in [4.78, 5) is 18.8. The Hall–Kier alpha value is -3.15. The van der Waals surface area contributed by atoms with Crippen molar-refractivity contribution < 1.29 is 18.7 Å². The molecule has 6 heteroatoms. The maximum atomic E-state index is 13.6. The van der Waals surface area contributed by atoms with Crippen LogP contribution in [0.2, 0.25) is 0 Å². The molecule has 26 heavy (non-hydrogen) atoms. The number of anilines is 1. The predicted octanol–water partition coefficient (Wildman–Crippen LogP) is 3.35. The summed E-state index contributed by atoms with van der Waals surface area (Å²) in [6.07, 6.45) is 0.732. The molecule has 2 aromatic carbocycles. The average Bonchev–Trinajstić information content (AvgIpc) is 3.07. The second-order valence-corrected chi connectivity index (χ2v) is 6.04. The number of hydrogen-bond acceptors (Lipinski definition) is 4. The molecule has 0 bridgehead atoms. The Morgan fingerprint density at radius 3 is 2.88 bits per heavy atom. The average molecular weight is 352 g/mol. The van der Waals surface area contributed by atoms with Crippen molar-refractivity contribution in [1.29, 1.82) is 0 Å². The number of benzene rings is 2. The van der Waals surface area contributed by atoms with E-state index < -0.39 is 5.82 Å². The van der Waals surface area contributed by atoms with E-state index >= 15 is 0 Å². The number of halogens is 1. The number of fused-ring (bicyclic) bond motifs is 2. The number of nitrogens with zero attached hydrogens (tertiary/aromatic N) is 2. The second-order valence-electron chi connectivity index (χ2n) is 6.04. The predicted molar refractivity (Wildman–Crippen MR) is 96.2 cm³/mol. The first-order valence-corrected chi connectivity index (χ1v) is 8.31. The number of carbonyl (C=O) groups is 1. The van der Waals surface area contributed by atoms with Crippen LogP contribution in [0.15, 0.2) is 48.5 Å². The molecule has 4 rings (SSSR count). The smallest absolute Gasteiger partial charge is 0.266 e. The van der Waals surface area contributed by atoms with Gasteiger partial charge in [-0.05, 0) is 42.3 Å². The summed E-state index contributed by atoms with van der Waals surface area (Å²) >= 11 is 0. The Kier molecular flexibility index (Phi) is 4.16. The molecule has 0 saturated heterocycles. The molecule has 3 aromatic rings. The molecule has 132 valence electrons. The van der Waals surface area contributed by atoms with Gasteiger partial charge in [0.25, 0.3) is 5.91 Å². The van der Waals surface area contributed by atoms with Crippen molar-refractivity contribution in [3.8, 4) is 11.5 Å². The van der Waals surface area contributed by atoms with E-state index in [9.17, 15) is 9.18 Å². The zero-order chi connectivity index (χ0) is 18.1. The van der Waals surface area contributed by atoms with Crippen LogP contribution in [0.25, 0.3) is 10.9 Å². The number of methoxy groups -OCH3 is 1. The Bertz CT molecular complexity index is 990. The van der Waals surface area contributed by atoms with Gasteiger partial charge in [0.05, 0.1) is 12.6 Å². The molecule has 1 aromatic heterocycles. The van der Waals surface area contributed by atoms with Gasteiger partial charge in [-0.25, -0.2) is 9.37 Å². The third-order valence-corrected chi connectivity index (χ3v) is 4.43. The fourth-order valence-corrected chi connectivity index (χ4v) is 3.09. The fourth-order valence-electron chi connectivity index (χ4n) is 3.09. The van der Waals surface area contributed by atoms with Crippen molar-refractivity contribution in [3.63, 3.8) is 0 Å². The van der Waals surface area contributed by atoms with Crippen LogP contribution in [0.4, 0.5) is 10.2 Å². The van der Waals surface area contributed by atoms with Gasteiger partial charge in [0.2, 0.25) is 0 Å². The van der Waals surface area contributed by atoms with Gasteiger partial charge < -0.3 is 9.47 Å². The molecule has 0 saturated carbocycles. The summed E-state index contributed by atoms with van der Waals surface area (Å²) in [5.41, 5.74) is 1.78. The maximum absolute atomic E-state index is 13.6. The van der Waals surface area contributed by atoms with Gasteiger partial charge in [0, 0.05) is 18.0 Å². The summed E-state index contributed by atoms with van der Waals surface area (Å²) in [6, 6.07) is 13.8. The SMILES string of the molecule is COc1ccc2cc3c(nc2c1)N(C(=O)COc1ccccc1F)CC3. The summed E-state index contributed by atoms with van der Waals surface area (Å²) in [5, 5.41) is 1.00. The topological polar surface area (TPSA) is 51.7 Å². The number of pyridine rings is 1. The molecule has 0 N–H and O–H groups in total. The lowest BCUT2D eigenvalue weighted by molar-refractivity contribution is -0.120. The summed E-state index contributed by atoms with van der Waals surface area (Å²) in [5.74, 6) is 0.674. The first-order chi connectivity index (χ1) is 12.7. The van der Waals surface area contributed by atoms with Crippen molar-refractivity contribution in [3.05, 3.63) is 59.9 Å². The Morgan fingerprint density at radius 2 is 2.08 bits per heavy atom. The molecule has 1 aliphatic heterocycles. The minimum Gasteiger partial charge on any atom is -0.497 e. The number of ether oxygens (including phenoxy) is 2. The quantitative estimate of drug-likeness (QED) is 0.723. The molecule has 1 amide bonds. The second kappa shape index (κ2) is 6.63. The van der Waals surface area contributed by atoms with E-state index in [4.69, 9.17) is 9.47 Å². The van der Waals surface area contributed by atoms with Crippen molar-refractivity contribution in [2.75, 3.05) is 25.2 Å². The molecular formula is C20H17FN2O3. The van der Waals surface area contributed by atoms with E-state index in [1.165, 1.54) is 12.1 Å². The molecule has 1 aliphatic rings. The Morgan fingerprint density at radius 1 is 1.23 bits per heavy atom. The minimum absolute atomic E-state index is 0.0662. The lowest BCUT2D eigenvalue weighted by Crippen LogP contribution is -2.34. The summed E-state index contributed by atoms with van der Waals surface area (Å²) < 4.78 is 24.2. The molecule has 0 spiro atoms. The first-order valence-electron chi connectivity index (χ1n) is 8.31. The summed E-state index contributed by atoms with van der Waals surface area (Å²) in [7, 11) is 1.60. The highest BCUT2D eigenvalue weighted by molar-refractivity contribution is 5.97. The Balaban J connectivity index is 1.57. The summed E-state index contributed by atoms with van der Waals surface area (Å²) in [6.45, 7) is 0.299. The number of aromatic nitrogens is 1. The maximum Gasteiger partial charge on any atom is 0.266 e. The van der Waals surface area contributed by atoms with Crippen LogP contribution < -0.4 is 14.4 Å². The number of amides is 1. The van der Waals surface area contributed by atoms with Crippen LogP contribution in [-0.4, -0.2) is 31.2 Å². The highest BCUT2D eigenvalue weighted by Crippen LogP contribution is 2.31. The van der Waals surface area contributed by atoms with Crippen molar-refractivity contribution in [2.24, 2.45) is 0 Å². The largest absolute Gasteiger partial charge is 0.497 e. The van der Waals surface area contributed by atoms with Gasteiger partial charge in [-0.3, -0.25) is 9.69 Å². The van der Waals surface area contributed by atoms with Crippen LogP contribution in [-0.2, 0) is 11.2 Å². The molecule has 0 atom stereocenters. The van der Waals surface area contributed by atoms with E-state index in [2.05, 4.69) is 4.98 Å². The molecule has 0 unspecified atom stereocenters. The zero-order valence-corrected chi connectivity index (χ0v) is 14.2. The molecule has 0 radical (unpaired) electrons. The molecular weight excluding hydrogens is 335 g/mol. The van der Waals surface area contributed by atoms with E-state index in [1.807, 2.05) is 24.3 Å². The zero-order valence-electron chi connectivity index (χ0n) is 14.2. The van der Waals surface area contributed by atoms with Gasteiger partial charge in [-0.1, -0.05) is 12.1 Å². The van der Waals surface area contributed by atoms with Crippen LogP contribution in [0.3, 0.4) is 0 Å². The van der Waals surface area contributed by atoms with Crippen LogP contribution >= 0.6 is 0 Å². The standard InChI is InChI=1S/C20H17FN2O3/c1-25-15-7-6-13-10-14-8-9-23(20(14)22-17(13)11-15)19(24)12-26-18-5-3-2-4-16(18)21/h2-7,10-11H,8-9,12H2,1H3. The number of carbonyl (C=O) groups excluding carboxylic acids is 1. The van der Waals surface area contributed by atoms with Gasteiger partial charge in [0.1, 0.15) is 11.6 Å². The number of para-hydroxylation sites is 1. The molecule has 0 fully saturated rings. The van der Waals surface area contributed by atoms with E-state index in [-0.39, 0.29) is 18.3 Å². The van der Waals surface area contributed by atoms with Crippen LogP contribution in [0.1, 0.15) is 5.56 Å². The molecule has 5 nitrogen and oxygen atoms in total. The lowest BCUT2D eigenvalue weighted by Gasteiger charge is -2.17. The van der Waals surface area contributed by atoms with Gasteiger partial charge in [-0.2, -0.15) is 0 Å². The van der Waals surface area contributed by atoms with Crippen LogP contribution in [0, 0.1) is 5.82 Å². The van der Waals surface area contributed by atoms with Crippen LogP contribution in [0.5, 0.6) is 11.5 Å². The third-order valence-electron chi connectivity index (χ3n) is 4.43. The van der Waals surface area contributed by atoms with Gasteiger partial charge >= 0.3 is 0 Å². The van der Waals surface area contributed by atoms with Gasteiger partial charge in [0.15, 0.2) is 18.2 Å². The first kappa shape index (κ1) is 16.3. The van der Waals surface area contributed by atoms with Crippen molar-refractivity contribution in [2.45, 2.75) is 6.42 Å². The third kappa shape index (κ3) is 2.94. The van der Waals surface area contributed by atoms with Crippen molar-refractivity contribution in [1.82, 2.24) is 4.98 Å². The minimum atomic E-state index is -0.488. The molecule has 2 heterocycles. The van der Waals surface area contributed by atoms with E-state index in [0.29, 0.717) is 18.1 Å². The molecule has 0 aliphatic carbocycles. The Labute approximate surface area is 150 Å². The highest BCUT2D eigenvalue weighted by Gasteiger charge is 2.27. The van der Waals surface area contributed by atoms with Gasteiger partial charge in [-0.15, -0.1) is 0 Å².